The molecule has 1 heterocycles. The second-order valence-corrected chi connectivity index (χ2v) is 10.2. The van der Waals surface area contributed by atoms with Gasteiger partial charge in [0.2, 0.25) is 0 Å². The Bertz CT molecular complexity index is 1040. The standard InChI is InChI=1S/C24H27N3O4/c28-21-16-7-13-8-17(21)11-24(9-13,10-16)26-22(29)19-12-25-27(20(19)14-1-2-14)18-5-3-15(4-6-18)23(30)31/h3-6,12-14,16-17,21,28H,1-2,7-11H2,(H,26,29)(H,30,31). The molecule has 0 aliphatic heterocycles. The number of carbonyl (C=O) groups excluding carboxylic acids is 1. The van der Waals surface area contributed by atoms with E-state index < -0.39 is 5.97 Å². The molecule has 7 nitrogen and oxygen atoms in total. The second-order valence-electron chi connectivity index (χ2n) is 10.2. The van der Waals surface area contributed by atoms with Gasteiger partial charge in [-0.05, 0) is 87.0 Å². The molecular weight excluding hydrogens is 394 g/mol. The van der Waals surface area contributed by atoms with Gasteiger partial charge < -0.3 is 15.5 Å². The molecule has 162 valence electrons. The lowest BCUT2D eigenvalue weighted by molar-refractivity contribution is -0.109. The average molecular weight is 421 g/mol. The van der Waals surface area contributed by atoms with Crippen LogP contribution in [0.3, 0.4) is 0 Å². The van der Waals surface area contributed by atoms with Crippen molar-refractivity contribution >= 4 is 11.9 Å². The molecule has 5 fully saturated rings. The number of hydrogen-bond donors (Lipinski definition) is 3. The number of benzene rings is 1. The van der Waals surface area contributed by atoms with Crippen LogP contribution >= 0.6 is 0 Å². The van der Waals surface area contributed by atoms with Crippen molar-refractivity contribution in [1.82, 2.24) is 15.1 Å². The third-order valence-corrected chi connectivity index (χ3v) is 7.98. The molecule has 4 bridgehead atoms. The van der Waals surface area contributed by atoms with Crippen molar-refractivity contribution < 1.29 is 19.8 Å². The third kappa shape index (κ3) is 3.09. The van der Waals surface area contributed by atoms with Crippen LogP contribution in [-0.4, -0.2) is 43.5 Å². The Morgan fingerprint density at radius 1 is 1.06 bits per heavy atom. The number of nitrogens with zero attached hydrogens (tertiary/aromatic N) is 2. The summed E-state index contributed by atoms with van der Waals surface area (Å²) in [4.78, 5) is 24.6. The van der Waals surface area contributed by atoms with Crippen LogP contribution in [0, 0.1) is 17.8 Å². The monoisotopic (exact) mass is 421 g/mol. The summed E-state index contributed by atoms with van der Waals surface area (Å²) in [6.45, 7) is 0. The lowest BCUT2D eigenvalue weighted by Gasteiger charge is -2.58. The third-order valence-electron chi connectivity index (χ3n) is 7.98. The molecule has 31 heavy (non-hydrogen) atoms. The molecule has 1 aromatic heterocycles. The first kappa shape index (κ1) is 19.0. The molecule has 0 saturated heterocycles. The molecule has 1 aromatic carbocycles. The summed E-state index contributed by atoms with van der Waals surface area (Å²) in [6.07, 6.45) is 8.45. The molecule has 0 spiro atoms. The molecule has 7 rings (SSSR count). The van der Waals surface area contributed by atoms with E-state index in [9.17, 15) is 14.7 Å². The van der Waals surface area contributed by atoms with Gasteiger partial charge in [-0.25, -0.2) is 9.48 Å². The number of amides is 1. The van der Waals surface area contributed by atoms with Crippen LogP contribution in [-0.2, 0) is 0 Å². The normalized spacial score (nSPS) is 33.5. The maximum Gasteiger partial charge on any atom is 0.335 e. The molecule has 7 heteroatoms. The van der Waals surface area contributed by atoms with Crippen molar-refractivity contribution in [1.29, 1.82) is 0 Å². The van der Waals surface area contributed by atoms with Gasteiger partial charge in [0, 0.05) is 11.5 Å². The predicted octanol–water partition coefficient (Wildman–Crippen LogP) is 3.12. The molecule has 1 amide bonds. The number of carboxylic acid groups (broad SMARTS) is 1. The Morgan fingerprint density at radius 3 is 2.35 bits per heavy atom. The zero-order valence-electron chi connectivity index (χ0n) is 17.3. The van der Waals surface area contributed by atoms with E-state index in [2.05, 4.69) is 10.4 Å². The fourth-order valence-electron chi connectivity index (χ4n) is 6.69. The molecule has 5 saturated carbocycles. The minimum Gasteiger partial charge on any atom is -0.478 e. The van der Waals surface area contributed by atoms with Crippen molar-refractivity contribution in [2.45, 2.75) is 62.5 Å². The van der Waals surface area contributed by atoms with E-state index in [-0.39, 0.29) is 23.1 Å². The number of nitrogens with one attached hydrogen (secondary N) is 1. The summed E-state index contributed by atoms with van der Waals surface area (Å²) in [6, 6.07) is 6.61. The number of aliphatic hydroxyl groups excluding tert-OH is 1. The topological polar surface area (TPSA) is 104 Å². The lowest BCUT2D eigenvalue weighted by atomic mass is 9.51. The van der Waals surface area contributed by atoms with Gasteiger partial charge in [-0.15, -0.1) is 0 Å². The maximum atomic E-state index is 13.4. The minimum absolute atomic E-state index is 0.0632. The van der Waals surface area contributed by atoms with Crippen LogP contribution in [0.1, 0.15) is 77.3 Å². The lowest BCUT2D eigenvalue weighted by Crippen LogP contribution is -2.63. The maximum absolute atomic E-state index is 13.4. The summed E-state index contributed by atoms with van der Waals surface area (Å²) >= 11 is 0. The summed E-state index contributed by atoms with van der Waals surface area (Å²) in [5.41, 5.74) is 2.35. The first-order valence-corrected chi connectivity index (χ1v) is 11.3. The van der Waals surface area contributed by atoms with E-state index in [1.54, 1.807) is 35.1 Å². The first-order chi connectivity index (χ1) is 14.9. The second kappa shape index (κ2) is 6.66. The van der Waals surface area contributed by atoms with Gasteiger partial charge >= 0.3 is 5.97 Å². The first-order valence-electron chi connectivity index (χ1n) is 11.3. The van der Waals surface area contributed by atoms with Crippen LogP contribution in [0.25, 0.3) is 5.69 Å². The Hall–Kier alpha value is -2.67. The van der Waals surface area contributed by atoms with E-state index in [0.717, 1.165) is 56.3 Å². The molecule has 0 radical (unpaired) electrons. The summed E-state index contributed by atoms with van der Waals surface area (Å²) < 4.78 is 1.79. The average Bonchev–Trinajstić information content (AvgIpc) is 3.48. The van der Waals surface area contributed by atoms with Gasteiger partial charge in [0.25, 0.3) is 5.91 Å². The smallest absolute Gasteiger partial charge is 0.335 e. The highest BCUT2D eigenvalue weighted by Crippen LogP contribution is 2.55. The SMILES string of the molecule is O=C(O)c1ccc(-n2ncc(C(=O)NC34CC5CC(C3)C(O)C(C5)C4)c2C2CC2)cc1. The molecule has 5 aliphatic carbocycles. The molecule has 5 aliphatic rings. The highest BCUT2D eigenvalue weighted by Gasteiger charge is 2.55. The Morgan fingerprint density at radius 2 is 1.74 bits per heavy atom. The molecule has 3 N–H and O–H groups in total. The van der Waals surface area contributed by atoms with Gasteiger partial charge in [-0.1, -0.05) is 0 Å². The number of aliphatic hydroxyl groups is 1. The van der Waals surface area contributed by atoms with E-state index in [1.807, 2.05) is 0 Å². The number of rotatable bonds is 5. The van der Waals surface area contributed by atoms with E-state index in [4.69, 9.17) is 5.11 Å². The van der Waals surface area contributed by atoms with Gasteiger partial charge in [-0.2, -0.15) is 5.10 Å². The van der Waals surface area contributed by atoms with Gasteiger partial charge in [-0.3, -0.25) is 4.79 Å². The Kier molecular flexibility index (Phi) is 4.09. The van der Waals surface area contributed by atoms with Crippen molar-refractivity contribution in [2.75, 3.05) is 0 Å². The van der Waals surface area contributed by atoms with E-state index in [1.165, 1.54) is 0 Å². The summed E-state index contributed by atoms with van der Waals surface area (Å²) in [5.74, 6) is 0.511. The van der Waals surface area contributed by atoms with Crippen molar-refractivity contribution in [2.24, 2.45) is 17.8 Å². The van der Waals surface area contributed by atoms with Crippen LogP contribution in [0.15, 0.2) is 30.5 Å². The highest BCUT2D eigenvalue weighted by molar-refractivity contribution is 5.96. The van der Waals surface area contributed by atoms with Crippen LogP contribution in [0.2, 0.25) is 0 Å². The quantitative estimate of drug-likeness (QED) is 0.688. The van der Waals surface area contributed by atoms with Crippen LogP contribution in [0.5, 0.6) is 0 Å². The molecular formula is C24H27N3O4. The summed E-state index contributed by atoms with van der Waals surface area (Å²) in [5, 5.41) is 27.6. The van der Waals surface area contributed by atoms with Crippen molar-refractivity contribution in [3.8, 4) is 5.69 Å². The minimum atomic E-state index is -0.963. The van der Waals surface area contributed by atoms with E-state index in [0.29, 0.717) is 29.2 Å². The Balaban J connectivity index is 1.29. The predicted molar refractivity (Wildman–Crippen MR) is 112 cm³/mol. The zero-order chi connectivity index (χ0) is 21.3. The number of hydrogen-bond acceptors (Lipinski definition) is 4. The highest BCUT2D eigenvalue weighted by atomic mass is 16.4. The van der Waals surface area contributed by atoms with Gasteiger partial charge in [0.1, 0.15) is 0 Å². The fourth-order valence-corrected chi connectivity index (χ4v) is 6.69. The number of aromatic carboxylic acids is 1. The van der Waals surface area contributed by atoms with Crippen molar-refractivity contribution in [3.63, 3.8) is 0 Å². The molecule has 2 atom stereocenters. The van der Waals surface area contributed by atoms with Crippen molar-refractivity contribution in [3.05, 3.63) is 47.3 Å². The molecule has 2 aromatic rings. The number of aromatic nitrogens is 2. The zero-order valence-corrected chi connectivity index (χ0v) is 17.3. The van der Waals surface area contributed by atoms with Gasteiger partial charge in [0.05, 0.1) is 34.8 Å². The Labute approximate surface area is 180 Å². The van der Waals surface area contributed by atoms with Gasteiger partial charge in [0.15, 0.2) is 0 Å². The fraction of sp³-hybridized carbons (Fsp3) is 0.542. The largest absolute Gasteiger partial charge is 0.478 e. The van der Waals surface area contributed by atoms with Crippen LogP contribution < -0.4 is 5.32 Å². The van der Waals surface area contributed by atoms with Crippen LogP contribution in [0.4, 0.5) is 0 Å². The molecule has 2 unspecified atom stereocenters. The van der Waals surface area contributed by atoms with E-state index >= 15 is 0 Å². The summed E-state index contributed by atoms with van der Waals surface area (Å²) in [7, 11) is 0. The number of carboxylic acids is 1. The number of carbonyl (C=O) groups is 2.